The molecule has 0 fully saturated rings. The maximum absolute atomic E-state index is 6.03. The van der Waals surface area contributed by atoms with Crippen LogP contribution in [0.1, 0.15) is 18.2 Å². The Balaban J connectivity index is 2.37. The molecule has 0 aliphatic heterocycles. The highest BCUT2D eigenvalue weighted by Crippen LogP contribution is 2.29. The van der Waals surface area contributed by atoms with Crippen LogP contribution in [0.5, 0.6) is 0 Å². The van der Waals surface area contributed by atoms with Crippen molar-refractivity contribution in [1.29, 1.82) is 0 Å². The molecule has 0 radical (unpaired) electrons. The van der Waals surface area contributed by atoms with Gasteiger partial charge < -0.3 is 11.1 Å². The van der Waals surface area contributed by atoms with Crippen molar-refractivity contribution >= 4 is 41.0 Å². The Labute approximate surface area is 130 Å². The summed E-state index contributed by atoms with van der Waals surface area (Å²) in [5.41, 5.74) is 10.6. The summed E-state index contributed by atoms with van der Waals surface area (Å²) in [6.07, 6.45) is 9.53. The average molecular weight is 297 g/mol. The van der Waals surface area contributed by atoms with Crippen LogP contribution in [0.4, 0.5) is 17.1 Å². The van der Waals surface area contributed by atoms with Gasteiger partial charge in [0, 0.05) is 33.7 Å². The highest BCUT2D eigenvalue weighted by Gasteiger charge is 2.06. The highest BCUT2D eigenvalue weighted by atomic mass is 32.2. The lowest BCUT2D eigenvalue weighted by Gasteiger charge is -2.13. The summed E-state index contributed by atoms with van der Waals surface area (Å²) in [6.45, 7) is 5.85. The van der Waals surface area contributed by atoms with Gasteiger partial charge in [0.1, 0.15) is 0 Å². The lowest BCUT2D eigenvalue weighted by atomic mass is 10.1. The molecule has 1 heterocycles. The Bertz CT molecular complexity index is 678. The quantitative estimate of drug-likeness (QED) is 0.614. The van der Waals surface area contributed by atoms with Crippen molar-refractivity contribution in [3.63, 3.8) is 0 Å². The number of rotatable bonds is 5. The number of nitrogen functional groups attached to an aromatic ring is 1. The number of nitrogens with one attached hydrogen (secondary N) is 1. The van der Waals surface area contributed by atoms with Crippen molar-refractivity contribution in [2.45, 2.75) is 11.8 Å². The van der Waals surface area contributed by atoms with Crippen molar-refractivity contribution in [1.82, 2.24) is 4.98 Å². The van der Waals surface area contributed by atoms with Gasteiger partial charge in [0.05, 0.1) is 5.69 Å². The molecular weight excluding hydrogens is 278 g/mol. The summed E-state index contributed by atoms with van der Waals surface area (Å²) in [5.74, 6) is 0. The van der Waals surface area contributed by atoms with Gasteiger partial charge in [-0.15, -0.1) is 11.8 Å². The predicted molar refractivity (Wildman–Crippen MR) is 95.0 cm³/mol. The van der Waals surface area contributed by atoms with Crippen molar-refractivity contribution in [2.24, 2.45) is 0 Å². The van der Waals surface area contributed by atoms with E-state index in [0.29, 0.717) is 0 Å². The molecule has 3 nitrogen and oxygen atoms in total. The van der Waals surface area contributed by atoms with E-state index in [-0.39, 0.29) is 0 Å². The Hall–Kier alpha value is -2.20. The minimum Gasteiger partial charge on any atom is -0.398 e. The number of nitrogens with zero attached hydrogens (tertiary/aromatic N) is 1. The standard InChI is InChI=1S/C17H19N3S/c1-4-6-15-13(5-2)16(9-10-19-15)20-12-7-8-17(21-3)14(18)11-12/h4-11H,2,18H2,1,3H3,(H,19,20)/b6-4-. The van der Waals surface area contributed by atoms with E-state index in [4.69, 9.17) is 5.73 Å². The van der Waals surface area contributed by atoms with E-state index in [1.807, 2.05) is 55.7 Å². The van der Waals surface area contributed by atoms with E-state index < -0.39 is 0 Å². The molecular formula is C17H19N3S. The largest absolute Gasteiger partial charge is 0.398 e. The Morgan fingerprint density at radius 3 is 2.76 bits per heavy atom. The van der Waals surface area contributed by atoms with Crippen LogP contribution in [0, 0.1) is 0 Å². The number of allylic oxidation sites excluding steroid dienone is 1. The van der Waals surface area contributed by atoms with Crippen LogP contribution < -0.4 is 11.1 Å². The Morgan fingerprint density at radius 1 is 1.33 bits per heavy atom. The number of hydrogen-bond acceptors (Lipinski definition) is 4. The van der Waals surface area contributed by atoms with Gasteiger partial charge in [0.2, 0.25) is 0 Å². The lowest BCUT2D eigenvalue weighted by Crippen LogP contribution is -1.98. The number of benzene rings is 1. The van der Waals surface area contributed by atoms with Gasteiger partial charge in [0.25, 0.3) is 0 Å². The van der Waals surface area contributed by atoms with Crippen LogP contribution >= 0.6 is 11.8 Å². The summed E-state index contributed by atoms with van der Waals surface area (Å²) >= 11 is 1.64. The minimum atomic E-state index is 0.774. The molecule has 1 aromatic carbocycles. The zero-order valence-corrected chi connectivity index (χ0v) is 13.1. The molecule has 0 saturated heterocycles. The van der Waals surface area contributed by atoms with Gasteiger partial charge in [-0.2, -0.15) is 0 Å². The smallest absolute Gasteiger partial charge is 0.0719 e. The monoisotopic (exact) mass is 297 g/mol. The van der Waals surface area contributed by atoms with Crippen molar-refractivity contribution in [2.75, 3.05) is 17.3 Å². The van der Waals surface area contributed by atoms with E-state index in [1.54, 1.807) is 18.0 Å². The van der Waals surface area contributed by atoms with Crippen LogP contribution in [0.15, 0.2) is 48.0 Å². The number of thioether (sulfide) groups is 1. The normalized spacial score (nSPS) is 10.8. The molecule has 0 saturated carbocycles. The third-order valence-corrected chi connectivity index (χ3v) is 3.87. The van der Waals surface area contributed by atoms with Crippen molar-refractivity contribution in [3.05, 3.63) is 54.4 Å². The van der Waals surface area contributed by atoms with Crippen molar-refractivity contribution < 1.29 is 0 Å². The molecule has 1 aromatic heterocycles. The molecule has 0 unspecified atom stereocenters. The van der Waals surface area contributed by atoms with E-state index in [2.05, 4.69) is 16.9 Å². The molecule has 0 aliphatic rings. The molecule has 108 valence electrons. The van der Waals surface area contributed by atoms with Crippen LogP contribution in [0.2, 0.25) is 0 Å². The lowest BCUT2D eigenvalue weighted by molar-refractivity contribution is 1.28. The number of hydrogen-bond donors (Lipinski definition) is 2. The van der Waals surface area contributed by atoms with Gasteiger partial charge in [-0.3, -0.25) is 4.98 Å². The molecule has 0 atom stereocenters. The number of nitrogens with two attached hydrogens (primary N) is 1. The summed E-state index contributed by atoms with van der Waals surface area (Å²) in [6, 6.07) is 7.91. The van der Waals surface area contributed by atoms with Crippen molar-refractivity contribution in [3.8, 4) is 0 Å². The van der Waals surface area contributed by atoms with Gasteiger partial charge in [-0.05, 0) is 43.5 Å². The average Bonchev–Trinajstić information content (AvgIpc) is 2.48. The number of pyridine rings is 1. The SMILES string of the molecule is C=Cc1c(Nc2ccc(SC)c(N)c2)ccnc1/C=C\C. The molecule has 21 heavy (non-hydrogen) atoms. The fraction of sp³-hybridized carbons (Fsp3) is 0.118. The summed E-state index contributed by atoms with van der Waals surface area (Å²) in [5, 5.41) is 3.38. The second kappa shape index (κ2) is 6.99. The summed E-state index contributed by atoms with van der Waals surface area (Å²) < 4.78 is 0. The molecule has 0 spiro atoms. The summed E-state index contributed by atoms with van der Waals surface area (Å²) in [4.78, 5) is 5.44. The first kappa shape index (κ1) is 15.2. The van der Waals surface area contributed by atoms with Gasteiger partial charge in [0.15, 0.2) is 0 Å². The Morgan fingerprint density at radius 2 is 2.14 bits per heavy atom. The van der Waals surface area contributed by atoms with Crippen LogP contribution in [-0.4, -0.2) is 11.2 Å². The zero-order chi connectivity index (χ0) is 15.2. The fourth-order valence-electron chi connectivity index (χ4n) is 2.07. The first-order chi connectivity index (χ1) is 10.2. The second-order valence-electron chi connectivity index (χ2n) is 4.44. The Kier molecular flexibility index (Phi) is 5.06. The maximum Gasteiger partial charge on any atom is 0.0719 e. The third-order valence-electron chi connectivity index (χ3n) is 3.06. The molecule has 0 bridgehead atoms. The number of aromatic nitrogens is 1. The van der Waals surface area contributed by atoms with E-state index in [9.17, 15) is 0 Å². The van der Waals surface area contributed by atoms with Gasteiger partial charge >= 0.3 is 0 Å². The van der Waals surface area contributed by atoms with Gasteiger partial charge in [-0.1, -0.05) is 18.7 Å². The molecule has 0 amide bonds. The fourth-order valence-corrected chi connectivity index (χ4v) is 2.57. The molecule has 0 aliphatic carbocycles. The first-order valence-electron chi connectivity index (χ1n) is 6.64. The van der Waals surface area contributed by atoms with E-state index >= 15 is 0 Å². The maximum atomic E-state index is 6.03. The minimum absolute atomic E-state index is 0.774. The van der Waals surface area contributed by atoms with E-state index in [0.717, 1.165) is 33.2 Å². The van der Waals surface area contributed by atoms with Crippen LogP contribution in [-0.2, 0) is 0 Å². The third kappa shape index (κ3) is 3.47. The summed E-state index contributed by atoms with van der Waals surface area (Å²) in [7, 11) is 0. The number of anilines is 3. The molecule has 2 rings (SSSR count). The topological polar surface area (TPSA) is 50.9 Å². The molecule has 2 aromatic rings. The predicted octanol–water partition coefficient (Wildman–Crippen LogP) is 4.81. The highest BCUT2D eigenvalue weighted by molar-refractivity contribution is 7.98. The van der Waals surface area contributed by atoms with Crippen LogP contribution in [0.25, 0.3) is 12.2 Å². The van der Waals surface area contributed by atoms with E-state index in [1.165, 1.54) is 0 Å². The zero-order valence-electron chi connectivity index (χ0n) is 12.3. The first-order valence-corrected chi connectivity index (χ1v) is 7.86. The second-order valence-corrected chi connectivity index (χ2v) is 5.29. The molecule has 3 N–H and O–H groups in total. The van der Waals surface area contributed by atoms with Crippen LogP contribution in [0.3, 0.4) is 0 Å². The van der Waals surface area contributed by atoms with Gasteiger partial charge in [-0.25, -0.2) is 0 Å². The molecule has 4 heteroatoms.